The van der Waals surface area contributed by atoms with E-state index < -0.39 is 5.79 Å². The Labute approximate surface area is 133 Å². The first-order chi connectivity index (χ1) is 10.2. The Morgan fingerprint density at radius 1 is 1.10 bits per heavy atom. The Morgan fingerprint density at radius 3 is 2.43 bits per heavy atom. The molecule has 3 rings (SSSR count). The molecule has 21 heavy (non-hydrogen) atoms. The molecule has 2 aromatic carbocycles. The Morgan fingerprint density at radius 2 is 1.76 bits per heavy atom. The number of benzene rings is 2. The number of fused-ring (bicyclic) bond motifs is 1. The molecule has 1 fully saturated rings. The number of rotatable bonds is 3. The lowest BCUT2D eigenvalue weighted by atomic mass is 9.98. The van der Waals surface area contributed by atoms with E-state index >= 15 is 0 Å². The largest absolute Gasteiger partial charge is 0.497 e. The average Bonchev–Trinajstić information content (AvgIpc) is 2.54. The van der Waals surface area contributed by atoms with Crippen LogP contribution >= 0.6 is 15.9 Å². The van der Waals surface area contributed by atoms with E-state index in [1.54, 1.807) is 7.11 Å². The summed E-state index contributed by atoms with van der Waals surface area (Å²) < 4.78 is 17.3. The maximum atomic E-state index is 6.01. The Balaban J connectivity index is 2.06. The van der Waals surface area contributed by atoms with Gasteiger partial charge in [-0.05, 0) is 42.3 Å². The van der Waals surface area contributed by atoms with Gasteiger partial charge >= 0.3 is 0 Å². The number of hydrogen-bond donors (Lipinski definition) is 0. The fraction of sp³-hybridized carbons (Fsp3) is 0.412. The molecule has 2 aromatic rings. The molecular formula is C17H19BrO3. The first-order valence-electron chi connectivity index (χ1n) is 7.16. The third-order valence-corrected chi connectivity index (χ3v) is 4.50. The molecule has 0 aromatic heterocycles. The Kier molecular flexibility index (Phi) is 4.20. The fourth-order valence-electron chi connectivity index (χ4n) is 2.74. The molecule has 112 valence electrons. The minimum atomic E-state index is -0.702. The van der Waals surface area contributed by atoms with Crippen LogP contribution in [-0.2, 0) is 15.3 Å². The maximum Gasteiger partial charge on any atom is 0.207 e. The van der Waals surface area contributed by atoms with Crippen molar-refractivity contribution in [3.63, 3.8) is 0 Å². The van der Waals surface area contributed by atoms with Gasteiger partial charge in [0.2, 0.25) is 5.79 Å². The highest BCUT2D eigenvalue weighted by atomic mass is 79.9. The highest BCUT2D eigenvalue weighted by molar-refractivity contribution is 9.09. The summed E-state index contributed by atoms with van der Waals surface area (Å²) in [6.07, 6.45) is 0.937. The van der Waals surface area contributed by atoms with Gasteiger partial charge in [-0.3, -0.25) is 0 Å². The predicted molar refractivity (Wildman–Crippen MR) is 87.1 cm³/mol. The molecule has 0 N–H and O–H groups in total. The third kappa shape index (κ3) is 2.68. The Hall–Kier alpha value is -1.10. The van der Waals surface area contributed by atoms with Crippen LogP contribution in [0.1, 0.15) is 18.9 Å². The van der Waals surface area contributed by atoms with E-state index in [1.165, 1.54) is 0 Å². The lowest BCUT2D eigenvalue weighted by Crippen LogP contribution is -2.44. The highest BCUT2D eigenvalue weighted by Crippen LogP contribution is 2.39. The summed E-state index contributed by atoms with van der Waals surface area (Å²) in [6.45, 7) is 3.50. The van der Waals surface area contributed by atoms with Crippen molar-refractivity contribution in [1.82, 2.24) is 0 Å². The van der Waals surface area contributed by atoms with Gasteiger partial charge in [-0.2, -0.15) is 0 Å². The van der Waals surface area contributed by atoms with E-state index in [1.807, 2.05) is 12.1 Å². The van der Waals surface area contributed by atoms with Gasteiger partial charge in [0.25, 0.3) is 0 Å². The normalized spacial score (nSPS) is 19.4. The lowest BCUT2D eigenvalue weighted by molar-refractivity contribution is -0.273. The summed E-state index contributed by atoms with van der Waals surface area (Å²) >= 11 is 3.65. The molecule has 3 nitrogen and oxygen atoms in total. The highest BCUT2D eigenvalue weighted by Gasteiger charge is 2.41. The number of ether oxygens (including phenoxy) is 3. The van der Waals surface area contributed by atoms with Crippen LogP contribution in [0.3, 0.4) is 0 Å². The van der Waals surface area contributed by atoms with Gasteiger partial charge in [0.1, 0.15) is 5.75 Å². The first-order valence-corrected chi connectivity index (χ1v) is 8.07. The van der Waals surface area contributed by atoms with Crippen LogP contribution in [-0.4, -0.2) is 25.2 Å². The molecule has 0 spiro atoms. The minimum absolute atomic E-state index is 0.0704. The van der Waals surface area contributed by atoms with Crippen molar-refractivity contribution in [1.29, 1.82) is 0 Å². The van der Waals surface area contributed by atoms with Crippen LogP contribution in [0.15, 0.2) is 36.4 Å². The van der Waals surface area contributed by atoms with Crippen molar-refractivity contribution in [2.24, 2.45) is 0 Å². The van der Waals surface area contributed by atoms with Gasteiger partial charge in [-0.25, -0.2) is 0 Å². The monoisotopic (exact) mass is 350 g/mol. The summed E-state index contributed by atoms with van der Waals surface area (Å²) in [7, 11) is 1.68. The summed E-state index contributed by atoms with van der Waals surface area (Å²) in [6, 6.07) is 12.4. The van der Waals surface area contributed by atoms with Crippen LogP contribution in [0.2, 0.25) is 0 Å². The Bertz CT molecular complexity index is 633. The van der Waals surface area contributed by atoms with Crippen LogP contribution in [0.4, 0.5) is 0 Å². The molecule has 4 heteroatoms. The molecule has 0 bridgehead atoms. The molecule has 1 heterocycles. The molecule has 1 aliphatic rings. The minimum Gasteiger partial charge on any atom is -0.497 e. The fourth-order valence-corrected chi connectivity index (χ4v) is 3.27. The third-order valence-electron chi connectivity index (χ3n) is 3.90. The second kappa shape index (κ2) is 5.95. The van der Waals surface area contributed by atoms with Gasteiger partial charge in [-0.15, -0.1) is 0 Å². The lowest BCUT2D eigenvalue weighted by Gasteiger charge is -2.40. The molecule has 1 saturated heterocycles. The van der Waals surface area contributed by atoms with E-state index in [0.717, 1.165) is 41.7 Å². The van der Waals surface area contributed by atoms with Gasteiger partial charge in [-0.1, -0.05) is 34.1 Å². The molecule has 0 unspecified atom stereocenters. The topological polar surface area (TPSA) is 27.7 Å². The number of hydrogen-bond acceptors (Lipinski definition) is 3. The quantitative estimate of drug-likeness (QED) is 0.775. The van der Waals surface area contributed by atoms with E-state index in [2.05, 4.69) is 47.1 Å². The number of halogens is 1. The molecule has 1 aliphatic heterocycles. The van der Waals surface area contributed by atoms with Crippen LogP contribution in [0.5, 0.6) is 5.75 Å². The van der Waals surface area contributed by atoms with Crippen molar-refractivity contribution < 1.29 is 14.2 Å². The van der Waals surface area contributed by atoms with Gasteiger partial charge in [0, 0.05) is 5.56 Å². The summed E-state index contributed by atoms with van der Waals surface area (Å²) in [5, 5.41) is 2.30. The summed E-state index contributed by atoms with van der Waals surface area (Å²) in [4.78, 5) is 0.0704. The molecule has 0 amide bonds. The van der Waals surface area contributed by atoms with Crippen molar-refractivity contribution >= 4 is 26.7 Å². The van der Waals surface area contributed by atoms with Crippen molar-refractivity contribution in [3.8, 4) is 5.75 Å². The average molecular weight is 351 g/mol. The zero-order valence-electron chi connectivity index (χ0n) is 12.3. The van der Waals surface area contributed by atoms with E-state index in [0.29, 0.717) is 0 Å². The molecule has 0 saturated carbocycles. The van der Waals surface area contributed by atoms with Gasteiger partial charge < -0.3 is 14.2 Å². The van der Waals surface area contributed by atoms with E-state index in [9.17, 15) is 0 Å². The zero-order valence-corrected chi connectivity index (χ0v) is 13.9. The molecule has 1 atom stereocenters. The number of methoxy groups -OCH3 is 1. The van der Waals surface area contributed by atoms with Crippen molar-refractivity contribution in [3.05, 3.63) is 42.0 Å². The molecule has 0 radical (unpaired) electrons. The second-order valence-electron chi connectivity index (χ2n) is 5.26. The second-order valence-corrected chi connectivity index (χ2v) is 6.64. The van der Waals surface area contributed by atoms with Crippen molar-refractivity contribution in [2.75, 3.05) is 20.3 Å². The van der Waals surface area contributed by atoms with Crippen LogP contribution in [0, 0.1) is 0 Å². The smallest absolute Gasteiger partial charge is 0.207 e. The van der Waals surface area contributed by atoms with E-state index in [-0.39, 0.29) is 4.83 Å². The predicted octanol–water partition coefficient (Wildman–Crippen LogP) is 4.22. The SMILES string of the molecule is COc1ccc2cc(C3([C@H](C)Br)OCCCO3)ccc2c1. The summed E-state index contributed by atoms with van der Waals surface area (Å²) in [5.41, 5.74) is 1.05. The van der Waals surface area contributed by atoms with Crippen molar-refractivity contribution in [2.45, 2.75) is 24.0 Å². The van der Waals surface area contributed by atoms with E-state index in [4.69, 9.17) is 14.2 Å². The van der Waals surface area contributed by atoms with Gasteiger partial charge in [0.05, 0.1) is 25.2 Å². The first kappa shape index (κ1) is 14.8. The summed E-state index contributed by atoms with van der Waals surface area (Å²) in [5.74, 6) is 0.163. The molecular weight excluding hydrogens is 332 g/mol. The van der Waals surface area contributed by atoms with Crippen LogP contribution in [0.25, 0.3) is 10.8 Å². The van der Waals surface area contributed by atoms with Gasteiger partial charge in [0.15, 0.2) is 0 Å². The number of alkyl halides is 1. The zero-order chi connectivity index (χ0) is 14.9. The maximum absolute atomic E-state index is 6.01. The standard InChI is InChI=1S/C17H19BrO3/c1-12(18)17(20-8-3-9-21-17)15-6-4-14-11-16(19-2)7-5-13(14)10-15/h4-7,10-12H,3,8-9H2,1-2H3/t12-/m0/s1. The van der Waals surface area contributed by atoms with Crippen LogP contribution < -0.4 is 4.74 Å². The molecule has 0 aliphatic carbocycles.